The Morgan fingerprint density at radius 3 is 2.35 bits per heavy atom. The molecule has 0 amide bonds. The van der Waals surface area contributed by atoms with Gasteiger partial charge < -0.3 is 24.1 Å². The Balaban J connectivity index is 2.40. The number of hydrogen-bond acceptors (Lipinski definition) is 7. The fourth-order valence-corrected chi connectivity index (χ4v) is 2.74. The highest BCUT2D eigenvalue weighted by atomic mass is 16.5. The molecule has 1 aromatic heterocycles. The first-order chi connectivity index (χ1) is 12.4. The lowest BCUT2D eigenvalue weighted by atomic mass is 10.0. The average molecular weight is 356 g/mol. The van der Waals surface area contributed by atoms with Crippen molar-refractivity contribution in [1.82, 2.24) is 0 Å². The minimum absolute atomic E-state index is 0.0604. The van der Waals surface area contributed by atoms with Gasteiger partial charge in [0.2, 0.25) is 0 Å². The van der Waals surface area contributed by atoms with Crippen molar-refractivity contribution in [3.8, 4) is 34.3 Å². The summed E-state index contributed by atoms with van der Waals surface area (Å²) in [7, 11) is 2.79. The molecule has 1 heterocycles. The smallest absolute Gasteiger partial charge is 0.193 e. The SMILES string of the molecule is COc1cc2c(=O)cc(-c3ccc(O)c(O)c3)oc2c(C(C)=O)c1OC. The second-order valence-electron chi connectivity index (χ2n) is 5.60. The summed E-state index contributed by atoms with van der Waals surface area (Å²) in [6.45, 7) is 1.33. The summed E-state index contributed by atoms with van der Waals surface area (Å²) in [5.41, 5.74) is 0.120. The van der Waals surface area contributed by atoms with Crippen molar-refractivity contribution in [2.75, 3.05) is 14.2 Å². The number of rotatable bonds is 4. The van der Waals surface area contributed by atoms with E-state index in [1.54, 1.807) is 0 Å². The Morgan fingerprint density at radius 2 is 1.77 bits per heavy atom. The van der Waals surface area contributed by atoms with Crippen LogP contribution in [0.3, 0.4) is 0 Å². The van der Waals surface area contributed by atoms with E-state index >= 15 is 0 Å². The van der Waals surface area contributed by atoms with Crippen LogP contribution in [-0.2, 0) is 0 Å². The summed E-state index contributed by atoms with van der Waals surface area (Å²) in [5.74, 6) is -0.474. The van der Waals surface area contributed by atoms with Gasteiger partial charge in [-0.3, -0.25) is 9.59 Å². The number of fused-ring (bicyclic) bond motifs is 1. The highest BCUT2D eigenvalue weighted by Crippen LogP contribution is 2.38. The molecule has 0 atom stereocenters. The zero-order valence-corrected chi connectivity index (χ0v) is 14.3. The molecular weight excluding hydrogens is 340 g/mol. The molecule has 7 nitrogen and oxygen atoms in total. The maximum absolute atomic E-state index is 12.6. The van der Waals surface area contributed by atoms with Gasteiger partial charge in [-0.25, -0.2) is 0 Å². The standard InChI is InChI=1S/C19H16O7/c1-9(20)17-18-11(7-16(24-2)19(17)25-3)13(22)8-15(26-18)10-4-5-12(21)14(23)6-10/h4-8,21,23H,1-3H3. The average Bonchev–Trinajstić information content (AvgIpc) is 2.62. The van der Waals surface area contributed by atoms with Gasteiger partial charge in [0.15, 0.2) is 39.8 Å². The van der Waals surface area contributed by atoms with Crippen LogP contribution in [0.4, 0.5) is 0 Å². The number of hydrogen-bond donors (Lipinski definition) is 2. The van der Waals surface area contributed by atoms with Gasteiger partial charge >= 0.3 is 0 Å². The Labute approximate surface area is 148 Å². The largest absolute Gasteiger partial charge is 0.504 e. The van der Waals surface area contributed by atoms with Crippen LogP contribution in [0.25, 0.3) is 22.3 Å². The van der Waals surface area contributed by atoms with Crippen molar-refractivity contribution < 1.29 is 28.9 Å². The topological polar surface area (TPSA) is 106 Å². The van der Waals surface area contributed by atoms with E-state index in [1.165, 1.54) is 51.5 Å². The summed E-state index contributed by atoms with van der Waals surface area (Å²) in [6.07, 6.45) is 0. The lowest BCUT2D eigenvalue weighted by Gasteiger charge is -2.14. The first-order valence-corrected chi connectivity index (χ1v) is 7.63. The molecule has 3 rings (SSSR count). The van der Waals surface area contributed by atoms with E-state index < -0.39 is 5.43 Å². The molecular formula is C19H16O7. The highest BCUT2D eigenvalue weighted by molar-refractivity contribution is 6.08. The number of methoxy groups -OCH3 is 2. The third-order valence-electron chi connectivity index (χ3n) is 3.97. The first-order valence-electron chi connectivity index (χ1n) is 7.63. The number of carbonyl (C=O) groups excluding carboxylic acids is 1. The minimum atomic E-state index is -0.391. The quantitative estimate of drug-likeness (QED) is 0.546. The Hall–Kier alpha value is -3.48. The molecule has 0 fully saturated rings. The van der Waals surface area contributed by atoms with Crippen molar-refractivity contribution in [1.29, 1.82) is 0 Å². The highest BCUT2D eigenvalue weighted by Gasteiger charge is 2.23. The van der Waals surface area contributed by atoms with Gasteiger partial charge in [-0.1, -0.05) is 0 Å². The normalized spacial score (nSPS) is 10.7. The lowest BCUT2D eigenvalue weighted by molar-refractivity contribution is 0.101. The van der Waals surface area contributed by atoms with E-state index in [0.29, 0.717) is 5.56 Å². The summed E-state index contributed by atoms with van der Waals surface area (Å²) in [6, 6.07) is 6.70. The molecule has 0 aliphatic rings. The van der Waals surface area contributed by atoms with Crippen LogP contribution >= 0.6 is 0 Å². The molecule has 134 valence electrons. The van der Waals surface area contributed by atoms with Gasteiger partial charge in [0.25, 0.3) is 0 Å². The Bertz CT molecular complexity index is 1080. The van der Waals surface area contributed by atoms with E-state index in [9.17, 15) is 19.8 Å². The summed E-state index contributed by atoms with van der Waals surface area (Å²) < 4.78 is 16.3. The van der Waals surface area contributed by atoms with Crippen molar-refractivity contribution in [3.05, 3.63) is 46.1 Å². The molecule has 0 unspecified atom stereocenters. The van der Waals surface area contributed by atoms with Gasteiger partial charge in [0, 0.05) is 11.6 Å². The minimum Gasteiger partial charge on any atom is -0.504 e. The van der Waals surface area contributed by atoms with Crippen LogP contribution in [0.2, 0.25) is 0 Å². The zero-order chi connectivity index (χ0) is 19.0. The number of phenolic OH excluding ortho intramolecular Hbond substituents is 2. The van der Waals surface area contributed by atoms with Crippen molar-refractivity contribution in [2.24, 2.45) is 0 Å². The van der Waals surface area contributed by atoms with Crippen LogP contribution in [0, 0.1) is 0 Å². The predicted octanol–water partition coefficient (Wildman–Crippen LogP) is 3.09. The van der Waals surface area contributed by atoms with Crippen molar-refractivity contribution >= 4 is 16.8 Å². The Morgan fingerprint density at radius 1 is 1.04 bits per heavy atom. The summed E-state index contributed by atoms with van der Waals surface area (Å²) >= 11 is 0. The zero-order valence-electron chi connectivity index (χ0n) is 14.3. The summed E-state index contributed by atoms with van der Waals surface area (Å²) in [4.78, 5) is 24.8. The fourth-order valence-electron chi connectivity index (χ4n) is 2.74. The molecule has 0 saturated heterocycles. The molecule has 0 aliphatic carbocycles. The second kappa shape index (κ2) is 6.44. The van der Waals surface area contributed by atoms with Crippen LogP contribution in [0.1, 0.15) is 17.3 Å². The lowest BCUT2D eigenvalue weighted by Crippen LogP contribution is -2.07. The van der Waals surface area contributed by atoms with Gasteiger partial charge in [0.05, 0.1) is 19.6 Å². The predicted molar refractivity (Wildman–Crippen MR) is 94.4 cm³/mol. The fraction of sp³-hybridized carbons (Fsp3) is 0.158. The molecule has 0 saturated carbocycles. The molecule has 0 bridgehead atoms. The molecule has 0 aliphatic heterocycles. The molecule has 26 heavy (non-hydrogen) atoms. The van der Waals surface area contributed by atoms with E-state index in [1.807, 2.05) is 0 Å². The van der Waals surface area contributed by atoms with Gasteiger partial charge in [-0.15, -0.1) is 0 Å². The van der Waals surface area contributed by atoms with Gasteiger partial charge in [-0.2, -0.15) is 0 Å². The number of ether oxygens (including phenoxy) is 2. The van der Waals surface area contributed by atoms with Crippen LogP contribution in [-0.4, -0.2) is 30.2 Å². The maximum atomic E-state index is 12.6. The molecule has 2 N–H and O–H groups in total. The summed E-state index contributed by atoms with van der Waals surface area (Å²) in [5, 5.41) is 19.3. The molecule has 3 aromatic rings. The van der Waals surface area contributed by atoms with Crippen molar-refractivity contribution in [3.63, 3.8) is 0 Å². The number of Topliss-reactive ketones (excluding diaryl/α,β-unsaturated/α-hetero) is 1. The van der Waals surface area contributed by atoms with Gasteiger partial charge in [0.1, 0.15) is 11.3 Å². The molecule has 7 heteroatoms. The number of phenols is 2. The van der Waals surface area contributed by atoms with E-state index in [4.69, 9.17) is 13.9 Å². The van der Waals surface area contributed by atoms with Crippen molar-refractivity contribution in [2.45, 2.75) is 6.92 Å². The van der Waals surface area contributed by atoms with E-state index in [-0.39, 0.29) is 51.1 Å². The number of aromatic hydroxyl groups is 2. The van der Waals surface area contributed by atoms with Crippen LogP contribution in [0.15, 0.2) is 39.5 Å². The molecule has 2 aromatic carbocycles. The van der Waals surface area contributed by atoms with Crippen LogP contribution in [0.5, 0.6) is 23.0 Å². The first kappa shape index (κ1) is 17.3. The molecule has 0 spiro atoms. The second-order valence-corrected chi connectivity index (χ2v) is 5.60. The number of ketones is 1. The van der Waals surface area contributed by atoms with E-state index in [0.717, 1.165) is 0 Å². The third-order valence-corrected chi connectivity index (χ3v) is 3.97. The monoisotopic (exact) mass is 356 g/mol. The maximum Gasteiger partial charge on any atom is 0.193 e. The third kappa shape index (κ3) is 2.73. The molecule has 0 radical (unpaired) electrons. The van der Waals surface area contributed by atoms with E-state index in [2.05, 4.69) is 0 Å². The Kier molecular flexibility index (Phi) is 4.29. The van der Waals surface area contributed by atoms with Gasteiger partial charge in [-0.05, 0) is 31.2 Å². The van der Waals surface area contributed by atoms with Crippen LogP contribution < -0.4 is 14.9 Å². The number of carbonyl (C=O) groups is 1. The number of benzene rings is 2.